The number of aromatic nitrogens is 2. The Labute approximate surface area is 199 Å². The molecule has 2 amide bonds. The quantitative estimate of drug-likeness (QED) is 0.609. The number of hydrogen-bond donors (Lipinski definition) is 1. The number of carbonyl (C=O) groups excluding carboxylic acids is 3. The standard InChI is InChI=1S/C23H26F4N4O4/c1-22(2,3)35-21(34)30-12-15(24)10-17(30)18(32)9-4-13-11-31(29-19(13)20(28)33)16-7-5-14(6-8-16)23(25,26)27/h5-8,11,15,17H,4,9-10,12H2,1-3H3,(H2,28,33)/t15-,17+/m1/s1. The average molecular weight is 498 g/mol. The van der Waals surface area contributed by atoms with Crippen molar-refractivity contribution >= 4 is 17.8 Å². The number of hydrogen-bond acceptors (Lipinski definition) is 5. The van der Waals surface area contributed by atoms with Crippen molar-refractivity contribution in [3.05, 3.63) is 47.3 Å². The van der Waals surface area contributed by atoms with Gasteiger partial charge in [-0.25, -0.2) is 13.9 Å². The summed E-state index contributed by atoms with van der Waals surface area (Å²) in [7, 11) is 0. The zero-order valence-corrected chi connectivity index (χ0v) is 19.4. The number of benzene rings is 1. The van der Waals surface area contributed by atoms with Crippen molar-refractivity contribution < 1.29 is 36.7 Å². The summed E-state index contributed by atoms with van der Waals surface area (Å²) < 4.78 is 59.0. The Balaban J connectivity index is 1.75. The van der Waals surface area contributed by atoms with Crippen molar-refractivity contribution in [2.75, 3.05) is 6.54 Å². The number of rotatable bonds is 6. The predicted molar refractivity (Wildman–Crippen MR) is 117 cm³/mol. The highest BCUT2D eigenvalue weighted by atomic mass is 19.4. The molecule has 2 atom stereocenters. The van der Waals surface area contributed by atoms with Crippen LogP contribution in [0.5, 0.6) is 0 Å². The number of nitrogens with zero attached hydrogens (tertiary/aromatic N) is 3. The molecule has 0 aliphatic carbocycles. The van der Waals surface area contributed by atoms with E-state index < -0.39 is 47.3 Å². The highest BCUT2D eigenvalue weighted by Crippen LogP contribution is 2.30. The Morgan fingerprint density at radius 3 is 2.31 bits per heavy atom. The number of halogens is 4. The Morgan fingerprint density at radius 2 is 1.77 bits per heavy atom. The molecule has 0 bridgehead atoms. The maximum Gasteiger partial charge on any atom is 0.416 e. The smallest absolute Gasteiger partial charge is 0.416 e. The van der Waals surface area contributed by atoms with E-state index in [0.29, 0.717) is 5.56 Å². The molecule has 1 aliphatic rings. The van der Waals surface area contributed by atoms with Crippen LogP contribution in [0.4, 0.5) is 22.4 Å². The summed E-state index contributed by atoms with van der Waals surface area (Å²) in [6.07, 6.45) is -5.56. The Hall–Kier alpha value is -3.44. The number of amides is 2. The van der Waals surface area contributed by atoms with E-state index in [1.54, 1.807) is 20.8 Å². The van der Waals surface area contributed by atoms with Gasteiger partial charge >= 0.3 is 12.3 Å². The summed E-state index contributed by atoms with van der Waals surface area (Å²) in [5.74, 6) is -1.30. The summed E-state index contributed by atoms with van der Waals surface area (Å²) in [4.78, 5) is 38.2. The fourth-order valence-electron chi connectivity index (χ4n) is 3.77. The largest absolute Gasteiger partial charge is 0.444 e. The van der Waals surface area contributed by atoms with E-state index >= 15 is 0 Å². The van der Waals surface area contributed by atoms with E-state index in [1.807, 2.05) is 0 Å². The first-order valence-electron chi connectivity index (χ1n) is 10.9. The van der Waals surface area contributed by atoms with Gasteiger partial charge < -0.3 is 10.5 Å². The molecular formula is C23H26F4N4O4. The first-order chi connectivity index (χ1) is 16.2. The maximum absolute atomic E-state index is 14.1. The average Bonchev–Trinajstić information content (AvgIpc) is 3.34. The number of nitrogens with two attached hydrogens (primary N) is 1. The van der Waals surface area contributed by atoms with Gasteiger partial charge in [-0.2, -0.15) is 18.3 Å². The van der Waals surface area contributed by atoms with Crippen LogP contribution in [0.25, 0.3) is 5.69 Å². The van der Waals surface area contributed by atoms with Crippen LogP contribution in [-0.4, -0.2) is 56.8 Å². The van der Waals surface area contributed by atoms with Gasteiger partial charge in [0, 0.05) is 24.6 Å². The zero-order chi connectivity index (χ0) is 26.1. The molecule has 1 fully saturated rings. The first kappa shape index (κ1) is 26.2. The van der Waals surface area contributed by atoms with Crippen molar-refractivity contribution in [3.8, 4) is 5.69 Å². The van der Waals surface area contributed by atoms with Crippen molar-refractivity contribution in [3.63, 3.8) is 0 Å². The molecule has 0 unspecified atom stereocenters. The number of alkyl halides is 4. The lowest BCUT2D eigenvalue weighted by molar-refractivity contribution is -0.137. The van der Waals surface area contributed by atoms with E-state index in [2.05, 4.69) is 5.10 Å². The number of primary amides is 1. The number of ether oxygens (including phenoxy) is 1. The summed E-state index contributed by atoms with van der Waals surface area (Å²) in [6.45, 7) is 4.71. The van der Waals surface area contributed by atoms with Crippen molar-refractivity contribution in [1.82, 2.24) is 14.7 Å². The van der Waals surface area contributed by atoms with Gasteiger partial charge in [0.05, 0.1) is 23.8 Å². The third kappa shape index (κ3) is 6.37. The second kappa shape index (κ2) is 9.67. The summed E-state index contributed by atoms with van der Waals surface area (Å²) in [6, 6.07) is 3.12. The molecule has 35 heavy (non-hydrogen) atoms. The molecule has 3 rings (SSSR count). The van der Waals surface area contributed by atoms with Gasteiger partial charge in [0.25, 0.3) is 5.91 Å². The van der Waals surface area contributed by atoms with Gasteiger partial charge in [-0.15, -0.1) is 0 Å². The molecule has 1 aromatic carbocycles. The van der Waals surface area contributed by atoms with Gasteiger partial charge in [0.15, 0.2) is 11.5 Å². The van der Waals surface area contributed by atoms with E-state index in [1.165, 1.54) is 23.0 Å². The van der Waals surface area contributed by atoms with E-state index in [4.69, 9.17) is 10.5 Å². The maximum atomic E-state index is 14.1. The monoisotopic (exact) mass is 498 g/mol. The minimum Gasteiger partial charge on any atom is -0.444 e. The fraction of sp³-hybridized carbons (Fsp3) is 0.478. The third-order valence-corrected chi connectivity index (χ3v) is 5.37. The summed E-state index contributed by atoms with van der Waals surface area (Å²) >= 11 is 0. The van der Waals surface area contributed by atoms with Crippen LogP contribution in [-0.2, 0) is 22.1 Å². The van der Waals surface area contributed by atoms with E-state index in [0.717, 1.165) is 17.0 Å². The molecule has 12 heteroatoms. The number of ketones is 1. The van der Waals surface area contributed by atoms with Crippen molar-refractivity contribution in [1.29, 1.82) is 0 Å². The number of aryl methyl sites for hydroxylation is 1. The van der Waals surface area contributed by atoms with Crippen LogP contribution in [0.3, 0.4) is 0 Å². The molecule has 0 spiro atoms. The molecule has 1 saturated heterocycles. The third-order valence-electron chi connectivity index (χ3n) is 5.37. The minimum atomic E-state index is -4.50. The molecule has 2 N–H and O–H groups in total. The predicted octanol–water partition coefficient (Wildman–Crippen LogP) is 3.84. The lowest BCUT2D eigenvalue weighted by Gasteiger charge is -2.27. The molecular weight excluding hydrogens is 472 g/mol. The SMILES string of the molecule is CC(C)(C)OC(=O)N1C[C@H](F)C[C@H]1C(=O)CCc1cn(-c2ccc(C(F)(F)F)cc2)nc1C(N)=O. The Kier molecular flexibility index (Phi) is 7.23. The zero-order valence-electron chi connectivity index (χ0n) is 19.4. The van der Waals surface area contributed by atoms with E-state index in [-0.39, 0.29) is 37.2 Å². The number of likely N-dealkylation sites (tertiary alicyclic amines) is 1. The van der Waals surface area contributed by atoms with Gasteiger partial charge in [0.1, 0.15) is 11.8 Å². The minimum absolute atomic E-state index is 0.00729. The second-order valence-corrected chi connectivity index (χ2v) is 9.30. The van der Waals surface area contributed by atoms with Crippen molar-refractivity contribution in [2.45, 2.75) is 64.0 Å². The van der Waals surface area contributed by atoms with Gasteiger partial charge in [0.2, 0.25) is 0 Å². The normalized spacial score (nSPS) is 18.5. The molecule has 8 nitrogen and oxygen atoms in total. The van der Waals surface area contributed by atoms with E-state index in [9.17, 15) is 31.9 Å². The lowest BCUT2D eigenvalue weighted by atomic mass is 10.0. The molecule has 2 heterocycles. The Bertz CT molecular complexity index is 1110. The van der Waals surface area contributed by atoms with Crippen molar-refractivity contribution in [2.24, 2.45) is 5.73 Å². The lowest BCUT2D eigenvalue weighted by Crippen LogP contribution is -2.43. The van der Waals surface area contributed by atoms with Crippen LogP contribution in [0.2, 0.25) is 0 Å². The van der Waals surface area contributed by atoms with Crippen LogP contribution >= 0.6 is 0 Å². The number of Topliss-reactive ketones (excluding diaryl/α,β-unsaturated/α-hetero) is 1. The molecule has 1 aliphatic heterocycles. The van der Waals surface area contributed by atoms with Gasteiger partial charge in [-0.05, 0) is 51.5 Å². The second-order valence-electron chi connectivity index (χ2n) is 9.30. The van der Waals surface area contributed by atoms with Crippen LogP contribution < -0.4 is 5.73 Å². The highest BCUT2D eigenvalue weighted by molar-refractivity contribution is 5.93. The van der Waals surface area contributed by atoms with Crippen LogP contribution in [0.1, 0.15) is 55.2 Å². The van der Waals surface area contributed by atoms with Crippen LogP contribution in [0.15, 0.2) is 30.5 Å². The topological polar surface area (TPSA) is 108 Å². The van der Waals surface area contributed by atoms with Crippen LogP contribution in [0, 0.1) is 0 Å². The molecule has 0 saturated carbocycles. The van der Waals surface area contributed by atoms with Gasteiger partial charge in [-0.3, -0.25) is 14.5 Å². The van der Waals surface area contributed by atoms with Gasteiger partial charge in [-0.1, -0.05) is 0 Å². The number of carbonyl (C=O) groups is 3. The molecule has 190 valence electrons. The first-order valence-corrected chi connectivity index (χ1v) is 10.9. The summed E-state index contributed by atoms with van der Waals surface area (Å²) in [5.41, 5.74) is 4.14. The molecule has 1 aromatic heterocycles. The highest BCUT2D eigenvalue weighted by Gasteiger charge is 2.41. The Morgan fingerprint density at radius 1 is 1.14 bits per heavy atom. The fourth-order valence-corrected chi connectivity index (χ4v) is 3.77. The summed E-state index contributed by atoms with van der Waals surface area (Å²) in [5, 5.41) is 4.05. The molecule has 0 radical (unpaired) electrons. The molecule has 2 aromatic rings.